The lowest BCUT2D eigenvalue weighted by molar-refractivity contribution is -0.138. The van der Waals surface area contributed by atoms with E-state index in [2.05, 4.69) is 27.9 Å². The molecule has 0 bridgehead atoms. The molecule has 1 aromatic heterocycles. The number of hydrogen-bond donors (Lipinski definition) is 5. The number of carbonyl (C=O) groups is 4. The molecule has 1 saturated carbocycles. The second-order valence-electron chi connectivity index (χ2n) is 11.7. The van der Waals surface area contributed by atoms with E-state index in [4.69, 9.17) is 9.84 Å². The Balaban J connectivity index is 1.50. The molecule has 230 valence electrons. The Kier molecular flexibility index (Phi) is 10.8. The number of carbonyl (C=O) groups excluding carboxylic acids is 3. The average Bonchev–Trinajstić information content (AvgIpc) is 3.40. The van der Waals surface area contributed by atoms with Gasteiger partial charge in [-0.15, -0.1) is 0 Å². The van der Waals surface area contributed by atoms with E-state index in [0.29, 0.717) is 18.4 Å². The fourth-order valence-corrected chi connectivity index (χ4v) is 5.74. The highest BCUT2D eigenvalue weighted by molar-refractivity contribution is 5.91. The van der Waals surface area contributed by atoms with E-state index in [9.17, 15) is 19.2 Å². The van der Waals surface area contributed by atoms with Gasteiger partial charge in [0.15, 0.2) is 0 Å². The lowest BCUT2D eigenvalue weighted by Gasteiger charge is -2.32. The van der Waals surface area contributed by atoms with Gasteiger partial charge in [0.05, 0.1) is 19.1 Å². The Labute approximate surface area is 252 Å². The Bertz CT molecular complexity index is 1410. The summed E-state index contributed by atoms with van der Waals surface area (Å²) < 4.78 is 5.66. The summed E-state index contributed by atoms with van der Waals surface area (Å²) in [6, 6.07) is 16.3. The van der Waals surface area contributed by atoms with E-state index in [1.54, 1.807) is 6.92 Å². The molecular weight excluding hydrogens is 548 g/mol. The van der Waals surface area contributed by atoms with Crippen molar-refractivity contribution in [2.45, 2.75) is 70.4 Å². The number of amides is 3. The van der Waals surface area contributed by atoms with E-state index < -0.39 is 35.5 Å². The van der Waals surface area contributed by atoms with Crippen LogP contribution in [0.2, 0.25) is 0 Å². The zero-order valence-electron chi connectivity index (χ0n) is 24.9. The maximum Gasteiger partial charge on any atom is 0.408 e. The summed E-state index contributed by atoms with van der Waals surface area (Å²) in [7, 11) is 0. The lowest BCUT2D eigenvalue weighted by atomic mass is 9.81. The predicted molar refractivity (Wildman–Crippen MR) is 163 cm³/mol. The monoisotopic (exact) mass is 590 g/mol. The van der Waals surface area contributed by atoms with Crippen molar-refractivity contribution >= 4 is 34.8 Å². The number of aromatic nitrogens is 1. The van der Waals surface area contributed by atoms with E-state index in [1.807, 2.05) is 60.8 Å². The van der Waals surface area contributed by atoms with Crippen LogP contribution in [0.15, 0.2) is 60.8 Å². The van der Waals surface area contributed by atoms with Gasteiger partial charge in [-0.1, -0.05) is 74.7 Å². The van der Waals surface area contributed by atoms with Crippen LogP contribution in [0.4, 0.5) is 4.79 Å². The van der Waals surface area contributed by atoms with Gasteiger partial charge in [-0.05, 0) is 42.4 Å². The molecule has 10 nitrogen and oxygen atoms in total. The SMILES string of the molecule is C[C@@H]1CCCC[C@H]1COC(=O)N[C@](C)(Cc1c[nH]c2ccccc12)C(=O)NC[C@H](NC(=O)CCC(=O)O)c1ccccc1. The minimum Gasteiger partial charge on any atom is -0.481 e. The fraction of sp³-hybridized carbons (Fsp3) is 0.455. The molecule has 1 aliphatic rings. The van der Waals surface area contributed by atoms with Crippen LogP contribution in [0.25, 0.3) is 10.9 Å². The van der Waals surface area contributed by atoms with Crippen molar-refractivity contribution in [2.75, 3.05) is 13.2 Å². The molecule has 1 fully saturated rings. The summed E-state index contributed by atoms with van der Waals surface area (Å²) in [5, 5.41) is 18.5. The molecule has 0 unspecified atom stereocenters. The van der Waals surface area contributed by atoms with E-state index in [-0.39, 0.29) is 25.8 Å². The maximum atomic E-state index is 13.9. The van der Waals surface area contributed by atoms with Gasteiger partial charge in [0.1, 0.15) is 5.54 Å². The average molecular weight is 591 g/mol. The number of rotatable bonds is 13. The van der Waals surface area contributed by atoms with Gasteiger partial charge in [0.2, 0.25) is 11.8 Å². The number of carboxylic acid groups (broad SMARTS) is 1. The maximum absolute atomic E-state index is 13.9. The highest BCUT2D eigenvalue weighted by Gasteiger charge is 2.37. The third-order valence-corrected chi connectivity index (χ3v) is 8.39. The number of para-hydroxylation sites is 1. The van der Waals surface area contributed by atoms with Gasteiger partial charge in [-0.25, -0.2) is 4.79 Å². The number of aromatic amines is 1. The number of fused-ring (bicyclic) bond motifs is 1. The topological polar surface area (TPSA) is 150 Å². The number of ether oxygens (including phenoxy) is 1. The van der Waals surface area contributed by atoms with Gasteiger partial charge >= 0.3 is 12.1 Å². The number of aliphatic carboxylic acids is 1. The van der Waals surface area contributed by atoms with Gasteiger partial charge < -0.3 is 30.8 Å². The van der Waals surface area contributed by atoms with E-state index in [0.717, 1.165) is 41.3 Å². The Morgan fingerprint density at radius 2 is 1.74 bits per heavy atom. The molecule has 0 spiro atoms. The van der Waals surface area contributed by atoms with Gasteiger partial charge in [0, 0.05) is 36.5 Å². The highest BCUT2D eigenvalue weighted by atomic mass is 16.5. The first-order valence-corrected chi connectivity index (χ1v) is 15.0. The molecule has 3 aromatic rings. The molecule has 5 N–H and O–H groups in total. The van der Waals surface area contributed by atoms with Crippen molar-refractivity contribution in [1.82, 2.24) is 20.9 Å². The van der Waals surface area contributed by atoms with Crippen molar-refractivity contribution in [2.24, 2.45) is 11.8 Å². The number of carboxylic acids is 1. The second-order valence-corrected chi connectivity index (χ2v) is 11.7. The first-order valence-electron chi connectivity index (χ1n) is 15.0. The van der Waals surface area contributed by atoms with Gasteiger partial charge in [-0.3, -0.25) is 14.4 Å². The van der Waals surface area contributed by atoms with E-state index >= 15 is 0 Å². The van der Waals surface area contributed by atoms with Crippen LogP contribution in [0.3, 0.4) is 0 Å². The molecular formula is C33H42N4O6. The zero-order valence-corrected chi connectivity index (χ0v) is 24.9. The molecule has 2 aromatic carbocycles. The summed E-state index contributed by atoms with van der Waals surface area (Å²) in [4.78, 5) is 53.7. The summed E-state index contributed by atoms with van der Waals surface area (Å²) >= 11 is 0. The Morgan fingerprint density at radius 3 is 2.49 bits per heavy atom. The molecule has 0 aliphatic heterocycles. The normalized spacial score (nSPS) is 18.7. The lowest BCUT2D eigenvalue weighted by Crippen LogP contribution is -2.59. The number of benzene rings is 2. The summed E-state index contributed by atoms with van der Waals surface area (Å²) in [5.74, 6) is -1.18. The smallest absolute Gasteiger partial charge is 0.408 e. The standard InChI is InChI=1S/C33H42N4O6/c1-22-10-6-7-13-24(22)21-43-32(42)37-33(2,18-25-19-34-27-15-9-8-14-26(25)27)31(41)35-20-28(23-11-4-3-5-12-23)36-29(38)16-17-30(39)40/h3-5,8-9,11-12,14-15,19,22,24,28,34H,6-7,10,13,16-18,20-21H2,1-2H3,(H,35,41)(H,36,38)(H,37,42)(H,39,40)/t22-,24+,28+,33-/m1/s1. The van der Waals surface area contributed by atoms with Crippen LogP contribution in [0, 0.1) is 11.8 Å². The number of nitrogens with one attached hydrogen (secondary N) is 4. The third kappa shape index (κ3) is 8.83. The van der Waals surface area contributed by atoms with Crippen LogP contribution in [0.5, 0.6) is 0 Å². The molecule has 1 heterocycles. The Hall–Kier alpha value is -4.34. The van der Waals surface area contributed by atoms with Crippen molar-refractivity contribution in [3.8, 4) is 0 Å². The predicted octanol–water partition coefficient (Wildman–Crippen LogP) is 4.86. The third-order valence-electron chi connectivity index (χ3n) is 8.39. The van der Waals surface area contributed by atoms with Crippen molar-refractivity contribution in [3.63, 3.8) is 0 Å². The first kappa shape index (κ1) is 31.6. The molecule has 4 rings (SSSR count). The summed E-state index contributed by atoms with van der Waals surface area (Å²) in [6.07, 6.45) is 5.34. The largest absolute Gasteiger partial charge is 0.481 e. The van der Waals surface area contributed by atoms with Crippen molar-refractivity contribution in [3.05, 3.63) is 71.9 Å². The summed E-state index contributed by atoms with van der Waals surface area (Å²) in [5.41, 5.74) is 1.14. The number of alkyl carbamates (subject to hydrolysis) is 1. The molecule has 10 heteroatoms. The quantitative estimate of drug-likeness (QED) is 0.192. The van der Waals surface area contributed by atoms with Gasteiger partial charge in [0.25, 0.3) is 0 Å². The minimum absolute atomic E-state index is 0.0292. The van der Waals surface area contributed by atoms with Crippen LogP contribution >= 0.6 is 0 Å². The fourth-order valence-electron chi connectivity index (χ4n) is 5.74. The van der Waals surface area contributed by atoms with Crippen LogP contribution < -0.4 is 16.0 Å². The summed E-state index contributed by atoms with van der Waals surface area (Å²) in [6.45, 7) is 4.18. The zero-order chi connectivity index (χ0) is 30.8. The molecule has 43 heavy (non-hydrogen) atoms. The van der Waals surface area contributed by atoms with Crippen LogP contribution in [-0.2, 0) is 25.5 Å². The number of H-pyrrole nitrogens is 1. The van der Waals surface area contributed by atoms with E-state index in [1.165, 1.54) is 6.42 Å². The van der Waals surface area contributed by atoms with Crippen LogP contribution in [0.1, 0.15) is 69.5 Å². The molecule has 0 radical (unpaired) electrons. The van der Waals surface area contributed by atoms with Gasteiger partial charge in [-0.2, -0.15) is 0 Å². The number of hydrogen-bond acceptors (Lipinski definition) is 5. The molecule has 0 saturated heterocycles. The van der Waals surface area contributed by atoms with Crippen molar-refractivity contribution in [1.29, 1.82) is 0 Å². The molecule has 1 aliphatic carbocycles. The minimum atomic E-state index is -1.38. The molecule has 3 amide bonds. The van der Waals surface area contributed by atoms with Crippen LogP contribution in [-0.4, -0.2) is 52.7 Å². The second kappa shape index (κ2) is 14.7. The molecule has 4 atom stereocenters. The first-order chi connectivity index (χ1) is 20.6. The Morgan fingerprint density at radius 1 is 1.02 bits per heavy atom. The van der Waals surface area contributed by atoms with Crippen molar-refractivity contribution < 1.29 is 29.0 Å². The highest BCUT2D eigenvalue weighted by Crippen LogP contribution is 2.30.